The molecule has 0 aliphatic rings. The van der Waals surface area contributed by atoms with Gasteiger partial charge in [0.25, 0.3) is 0 Å². The number of para-hydroxylation sites is 1. The fourth-order valence-electron chi connectivity index (χ4n) is 2.46. The molecule has 0 saturated heterocycles. The van der Waals surface area contributed by atoms with Gasteiger partial charge in [0, 0.05) is 21.5 Å². The van der Waals surface area contributed by atoms with Crippen molar-refractivity contribution < 1.29 is 4.79 Å². The molecule has 0 fully saturated rings. The molecule has 1 unspecified atom stereocenters. The molecule has 0 radical (unpaired) electrons. The third-order valence-electron chi connectivity index (χ3n) is 3.72. The number of carbonyl (C=O) groups is 1. The van der Waals surface area contributed by atoms with E-state index in [0.29, 0.717) is 10.8 Å². The van der Waals surface area contributed by atoms with E-state index in [1.807, 2.05) is 61.5 Å². The smallest absolute Gasteiger partial charge is 0.230 e. The Bertz CT molecular complexity index is 846. The number of nitrogens with zero attached hydrogens (tertiary/aromatic N) is 1. The molecule has 5 heteroatoms. The van der Waals surface area contributed by atoms with E-state index in [1.54, 1.807) is 6.20 Å². The van der Waals surface area contributed by atoms with Crippen LogP contribution in [0, 0.1) is 0 Å². The lowest BCUT2D eigenvalue weighted by Gasteiger charge is -2.14. The second kappa shape index (κ2) is 7.69. The summed E-state index contributed by atoms with van der Waals surface area (Å²) in [6.07, 6.45) is 1.78. The van der Waals surface area contributed by atoms with Crippen molar-refractivity contribution in [2.24, 2.45) is 0 Å². The maximum atomic E-state index is 12.2. The minimum Gasteiger partial charge on any atom is -0.349 e. The standard InChI is InChI=1S/C19H17ClN2OS/c1-13(14-6-8-15(20)9-7-14)22-19(23)12-24-18-10-11-21-17-5-3-2-4-16(17)18/h2-11,13H,12H2,1H3,(H,22,23). The predicted molar refractivity (Wildman–Crippen MR) is 100 cm³/mol. The number of aromatic nitrogens is 1. The first-order valence-electron chi connectivity index (χ1n) is 7.65. The molecular formula is C19H17ClN2OS. The molecule has 2 aromatic carbocycles. The molecule has 1 amide bonds. The Labute approximate surface area is 150 Å². The summed E-state index contributed by atoms with van der Waals surface area (Å²) in [7, 11) is 0. The quantitative estimate of drug-likeness (QED) is 0.664. The van der Waals surface area contributed by atoms with Gasteiger partial charge in [-0.15, -0.1) is 11.8 Å². The summed E-state index contributed by atoms with van der Waals surface area (Å²) in [6.45, 7) is 1.97. The van der Waals surface area contributed by atoms with Crippen molar-refractivity contribution in [2.75, 3.05) is 5.75 Å². The Morgan fingerprint density at radius 3 is 2.71 bits per heavy atom. The molecule has 1 heterocycles. The van der Waals surface area contributed by atoms with Crippen molar-refractivity contribution in [3.63, 3.8) is 0 Å². The number of amides is 1. The second-order valence-electron chi connectivity index (χ2n) is 5.46. The zero-order valence-corrected chi connectivity index (χ0v) is 14.8. The average molecular weight is 357 g/mol. The number of hydrogen-bond donors (Lipinski definition) is 1. The van der Waals surface area contributed by atoms with E-state index < -0.39 is 0 Å². The van der Waals surface area contributed by atoms with Gasteiger partial charge >= 0.3 is 0 Å². The number of thioether (sulfide) groups is 1. The molecule has 0 spiro atoms. The van der Waals surface area contributed by atoms with Crippen LogP contribution in [0.3, 0.4) is 0 Å². The Hall–Kier alpha value is -2.04. The van der Waals surface area contributed by atoms with Crippen LogP contribution in [-0.2, 0) is 4.79 Å². The van der Waals surface area contributed by atoms with Crippen LogP contribution in [0.25, 0.3) is 10.9 Å². The molecule has 1 N–H and O–H groups in total. The molecule has 3 aromatic rings. The van der Waals surface area contributed by atoms with Crippen molar-refractivity contribution in [1.82, 2.24) is 10.3 Å². The summed E-state index contributed by atoms with van der Waals surface area (Å²) in [5.74, 6) is 0.370. The van der Waals surface area contributed by atoms with E-state index in [1.165, 1.54) is 11.8 Å². The fourth-order valence-corrected chi connectivity index (χ4v) is 3.44. The van der Waals surface area contributed by atoms with Gasteiger partial charge in [0.05, 0.1) is 17.3 Å². The molecule has 24 heavy (non-hydrogen) atoms. The zero-order valence-electron chi connectivity index (χ0n) is 13.2. The third-order valence-corrected chi connectivity index (χ3v) is 5.04. The van der Waals surface area contributed by atoms with E-state index in [-0.39, 0.29) is 11.9 Å². The highest BCUT2D eigenvalue weighted by molar-refractivity contribution is 8.00. The maximum absolute atomic E-state index is 12.2. The topological polar surface area (TPSA) is 42.0 Å². The lowest BCUT2D eigenvalue weighted by molar-refractivity contribution is -0.119. The van der Waals surface area contributed by atoms with Crippen molar-refractivity contribution in [2.45, 2.75) is 17.9 Å². The van der Waals surface area contributed by atoms with Gasteiger partial charge in [0.1, 0.15) is 0 Å². The summed E-state index contributed by atoms with van der Waals surface area (Å²) in [6, 6.07) is 17.4. The summed E-state index contributed by atoms with van der Waals surface area (Å²) in [5.41, 5.74) is 1.98. The summed E-state index contributed by atoms with van der Waals surface area (Å²) >= 11 is 7.42. The van der Waals surface area contributed by atoms with E-state index in [4.69, 9.17) is 11.6 Å². The molecule has 1 aromatic heterocycles. The van der Waals surface area contributed by atoms with Crippen LogP contribution in [0.5, 0.6) is 0 Å². The van der Waals surface area contributed by atoms with Crippen molar-refractivity contribution in [3.05, 3.63) is 71.4 Å². The number of nitrogens with one attached hydrogen (secondary N) is 1. The largest absolute Gasteiger partial charge is 0.349 e. The molecule has 0 aliphatic heterocycles. The Morgan fingerprint density at radius 2 is 1.92 bits per heavy atom. The number of hydrogen-bond acceptors (Lipinski definition) is 3. The molecule has 0 bridgehead atoms. The van der Waals surface area contributed by atoms with Crippen molar-refractivity contribution in [1.29, 1.82) is 0 Å². The van der Waals surface area contributed by atoms with Gasteiger partial charge in [-0.25, -0.2) is 0 Å². The second-order valence-corrected chi connectivity index (χ2v) is 6.91. The van der Waals surface area contributed by atoms with Crippen molar-refractivity contribution in [3.8, 4) is 0 Å². The van der Waals surface area contributed by atoms with Gasteiger partial charge in [0.2, 0.25) is 5.91 Å². The molecule has 0 saturated carbocycles. The van der Waals surface area contributed by atoms with Crippen LogP contribution >= 0.6 is 23.4 Å². The Kier molecular flexibility index (Phi) is 5.38. The van der Waals surface area contributed by atoms with E-state index in [2.05, 4.69) is 10.3 Å². The fraction of sp³-hybridized carbons (Fsp3) is 0.158. The lowest BCUT2D eigenvalue weighted by Crippen LogP contribution is -2.28. The first-order chi connectivity index (χ1) is 11.6. The normalized spacial score (nSPS) is 12.1. The minimum atomic E-state index is -0.0513. The van der Waals surface area contributed by atoms with Gasteiger partial charge in [-0.2, -0.15) is 0 Å². The number of pyridine rings is 1. The highest BCUT2D eigenvalue weighted by Gasteiger charge is 2.11. The SMILES string of the molecule is CC(NC(=O)CSc1ccnc2ccccc12)c1ccc(Cl)cc1. The molecule has 3 nitrogen and oxygen atoms in total. The van der Waals surface area contributed by atoms with Crippen LogP contribution in [0.1, 0.15) is 18.5 Å². The van der Waals surface area contributed by atoms with Crippen LogP contribution in [0.4, 0.5) is 0 Å². The first-order valence-corrected chi connectivity index (χ1v) is 9.01. The first kappa shape index (κ1) is 16.8. The van der Waals surface area contributed by atoms with Gasteiger partial charge < -0.3 is 5.32 Å². The van der Waals surface area contributed by atoms with E-state index in [9.17, 15) is 4.79 Å². The summed E-state index contributed by atoms with van der Waals surface area (Å²) in [4.78, 5) is 17.6. The van der Waals surface area contributed by atoms with E-state index in [0.717, 1.165) is 21.4 Å². The van der Waals surface area contributed by atoms with Gasteiger partial charge in [-0.1, -0.05) is 41.9 Å². The number of rotatable bonds is 5. The average Bonchev–Trinajstić information content (AvgIpc) is 2.60. The third kappa shape index (κ3) is 4.08. The van der Waals surface area contributed by atoms with E-state index >= 15 is 0 Å². The molecule has 1 atom stereocenters. The van der Waals surface area contributed by atoms with Gasteiger partial charge in [-0.3, -0.25) is 9.78 Å². The van der Waals surface area contributed by atoms with Crippen LogP contribution in [-0.4, -0.2) is 16.6 Å². The molecule has 0 aliphatic carbocycles. The lowest BCUT2D eigenvalue weighted by atomic mass is 10.1. The minimum absolute atomic E-state index is 0.00310. The number of fused-ring (bicyclic) bond motifs is 1. The number of carbonyl (C=O) groups excluding carboxylic acids is 1. The Morgan fingerprint density at radius 1 is 1.17 bits per heavy atom. The highest BCUT2D eigenvalue weighted by Crippen LogP contribution is 2.26. The summed E-state index contributed by atoms with van der Waals surface area (Å²) < 4.78 is 0. The molecule has 122 valence electrons. The van der Waals surface area contributed by atoms with Gasteiger partial charge in [-0.05, 0) is 36.8 Å². The highest BCUT2D eigenvalue weighted by atomic mass is 35.5. The maximum Gasteiger partial charge on any atom is 0.230 e. The molecule has 3 rings (SSSR count). The van der Waals surface area contributed by atoms with Gasteiger partial charge in [0.15, 0.2) is 0 Å². The van der Waals surface area contributed by atoms with Crippen LogP contribution in [0.15, 0.2) is 65.7 Å². The zero-order chi connectivity index (χ0) is 16.9. The number of halogens is 1. The van der Waals surface area contributed by atoms with Crippen LogP contribution < -0.4 is 5.32 Å². The Balaban J connectivity index is 1.62. The molecular weight excluding hydrogens is 340 g/mol. The van der Waals surface area contributed by atoms with Crippen LogP contribution in [0.2, 0.25) is 5.02 Å². The predicted octanol–water partition coefficient (Wildman–Crippen LogP) is 4.86. The van der Waals surface area contributed by atoms with Crippen molar-refractivity contribution >= 4 is 40.2 Å². The summed E-state index contributed by atoms with van der Waals surface area (Å²) in [5, 5.41) is 4.78. The number of benzene rings is 2. The monoisotopic (exact) mass is 356 g/mol.